The van der Waals surface area contributed by atoms with Crippen LogP contribution in [0.3, 0.4) is 0 Å². The average Bonchev–Trinajstić information content (AvgIpc) is 2.38. The number of carbonyl (C=O) groups excluding carboxylic acids is 1. The molecule has 1 amide bonds. The molecule has 21 heavy (non-hydrogen) atoms. The van der Waals surface area contributed by atoms with Crippen molar-refractivity contribution in [2.75, 3.05) is 18.5 Å². The van der Waals surface area contributed by atoms with Crippen molar-refractivity contribution in [3.8, 4) is 0 Å². The van der Waals surface area contributed by atoms with E-state index in [9.17, 15) is 18.0 Å². The van der Waals surface area contributed by atoms with Crippen LogP contribution < -0.4 is 10.6 Å². The minimum atomic E-state index is -4.51. The van der Waals surface area contributed by atoms with Gasteiger partial charge in [-0.3, -0.25) is 4.79 Å². The van der Waals surface area contributed by atoms with Gasteiger partial charge in [-0.1, -0.05) is 12.1 Å². The SMILES string of the molecule is CC(CC(=O)Nc1ccccc1C(F)(F)F)NCCCO. The first-order valence-electron chi connectivity index (χ1n) is 6.65. The number of benzene rings is 1. The minimum Gasteiger partial charge on any atom is -0.396 e. The summed E-state index contributed by atoms with van der Waals surface area (Å²) in [5.41, 5.74) is -1.10. The van der Waals surface area contributed by atoms with E-state index < -0.39 is 17.6 Å². The molecule has 0 spiro atoms. The smallest absolute Gasteiger partial charge is 0.396 e. The highest BCUT2D eigenvalue weighted by molar-refractivity contribution is 5.92. The van der Waals surface area contributed by atoms with Crippen molar-refractivity contribution >= 4 is 11.6 Å². The number of aliphatic hydroxyl groups is 1. The van der Waals surface area contributed by atoms with Crippen molar-refractivity contribution in [3.05, 3.63) is 29.8 Å². The predicted molar refractivity (Wildman–Crippen MR) is 73.9 cm³/mol. The maximum absolute atomic E-state index is 12.8. The van der Waals surface area contributed by atoms with Gasteiger partial charge in [0.1, 0.15) is 0 Å². The second kappa shape index (κ2) is 7.99. The van der Waals surface area contributed by atoms with Gasteiger partial charge in [0.25, 0.3) is 0 Å². The summed E-state index contributed by atoms with van der Waals surface area (Å²) in [5.74, 6) is -0.490. The van der Waals surface area contributed by atoms with Crippen molar-refractivity contribution in [2.45, 2.75) is 32.0 Å². The van der Waals surface area contributed by atoms with Gasteiger partial charge in [0.05, 0.1) is 11.3 Å². The molecule has 0 bridgehead atoms. The number of amides is 1. The van der Waals surface area contributed by atoms with Crippen molar-refractivity contribution in [2.24, 2.45) is 0 Å². The summed E-state index contributed by atoms with van der Waals surface area (Å²) in [7, 11) is 0. The molecule has 3 N–H and O–H groups in total. The van der Waals surface area contributed by atoms with Crippen LogP contribution in [0, 0.1) is 0 Å². The van der Waals surface area contributed by atoms with Crippen LogP contribution in [-0.2, 0) is 11.0 Å². The molecule has 1 rings (SSSR count). The van der Waals surface area contributed by atoms with E-state index in [1.54, 1.807) is 6.92 Å². The zero-order chi connectivity index (χ0) is 15.9. The largest absolute Gasteiger partial charge is 0.418 e. The Labute approximate surface area is 121 Å². The quantitative estimate of drug-likeness (QED) is 0.678. The number of rotatable bonds is 7. The Hall–Kier alpha value is -1.60. The molecule has 0 aromatic heterocycles. The van der Waals surface area contributed by atoms with E-state index >= 15 is 0 Å². The molecule has 0 radical (unpaired) electrons. The molecule has 0 aliphatic rings. The number of hydrogen-bond acceptors (Lipinski definition) is 3. The van der Waals surface area contributed by atoms with Crippen molar-refractivity contribution in [3.63, 3.8) is 0 Å². The third-order valence-corrected chi connectivity index (χ3v) is 2.83. The van der Waals surface area contributed by atoms with Gasteiger partial charge < -0.3 is 15.7 Å². The average molecular weight is 304 g/mol. The second-order valence-corrected chi connectivity index (χ2v) is 4.73. The first-order valence-corrected chi connectivity index (χ1v) is 6.65. The predicted octanol–water partition coefficient (Wildman–Crippen LogP) is 2.39. The number of aliphatic hydroxyl groups excluding tert-OH is 1. The molecular formula is C14H19F3N2O2. The van der Waals surface area contributed by atoms with Gasteiger partial charge in [-0.05, 0) is 32.0 Å². The lowest BCUT2D eigenvalue weighted by atomic mass is 10.1. The lowest BCUT2D eigenvalue weighted by molar-refractivity contribution is -0.137. The normalized spacial score (nSPS) is 13.0. The van der Waals surface area contributed by atoms with Crippen molar-refractivity contribution < 1.29 is 23.1 Å². The fraction of sp³-hybridized carbons (Fsp3) is 0.500. The van der Waals surface area contributed by atoms with E-state index in [2.05, 4.69) is 10.6 Å². The standard InChI is InChI=1S/C14H19F3N2O2/c1-10(18-7-4-8-20)9-13(21)19-12-6-3-2-5-11(12)14(15,16)17/h2-3,5-6,10,18,20H,4,7-9H2,1H3,(H,19,21). The highest BCUT2D eigenvalue weighted by Gasteiger charge is 2.33. The molecule has 1 unspecified atom stereocenters. The molecule has 0 saturated carbocycles. The summed E-state index contributed by atoms with van der Waals surface area (Å²) in [5, 5.41) is 13.9. The van der Waals surface area contributed by atoms with Gasteiger partial charge in [0, 0.05) is 19.1 Å². The Kier molecular flexibility index (Phi) is 6.64. The molecule has 0 saturated heterocycles. The van der Waals surface area contributed by atoms with Crippen LogP contribution in [0.15, 0.2) is 24.3 Å². The van der Waals surface area contributed by atoms with Gasteiger partial charge in [-0.25, -0.2) is 0 Å². The summed E-state index contributed by atoms with van der Waals surface area (Å²) in [6.45, 7) is 2.35. The molecule has 1 aromatic rings. The number of anilines is 1. The topological polar surface area (TPSA) is 61.4 Å². The molecule has 1 aromatic carbocycles. The molecule has 1 atom stereocenters. The Balaban J connectivity index is 2.59. The van der Waals surface area contributed by atoms with Crippen LogP contribution in [0.1, 0.15) is 25.3 Å². The van der Waals surface area contributed by atoms with E-state index in [0.29, 0.717) is 13.0 Å². The number of carbonyl (C=O) groups is 1. The number of hydrogen-bond donors (Lipinski definition) is 3. The van der Waals surface area contributed by atoms with Gasteiger partial charge in [0.15, 0.2) is 0 Å². The lowest BCUT2D eigenvalue weighted by Gasteiger charge is -2.16. The summed E-state index contributed by atoms with van der Waals surface area (Å²) >= 11 is 0. The molecule has 0 aliphatic heterocycles. The van der Waals surface area contributed by atoms with Gasteiger partial charge in [0.2, 0.25) is 5.91 Å². The van der Waals surface area contributed by atoms with Crippen LogP contribution in [-0.4, -0.2) is 30.2 Å². The van der Waals surface area contributed by atoms with Crippen LogP contribution in [0.5, 0.6) is 0 Å². The van der Waals surface area contributed by atoms with Gasteiger partial charge in [-0.15, -0.1) is 0 Å². The third-order valence-electron chi connectivity index (χ3n) is 2.83. The van der Waals surface area contributed by atoms with E-state index in [-0.39, 0.29) is 24.8 Å². The van der Waals surface area contributed by atoms with E-state index in [4.69, 9.17) is 5.11 Å². The fourth-order valence-electron chi connectivity index (χ4n) is 1.82. The zero-order valence-corrected chi connectivity index (χ0v) is 11.7. The van der Waals surface area contributed by atoms with E-state index in [1.807, 2.05) is 0 Å². The molecular weight excluding hydrogens is 285 g/mol. The summed E-state index contributed by atoms with van der Waals surface area (Å²) < 4.78 is 38.3. The molecule has 118 valence electrons. The first kappa shape index (κ1) is 17.5. The second-order valence-electron chi connectivity index (χ2n) is 4.73. The van der Waals surface area contributed by atoms with Gasteiger partial charge in [-0.2, -0.15) is 13.2 Å². The molecule has 0 aliphatic carbocycles. The zero-order valence-electron chi connectivity index (χ0n) is 11.7. The molecule has 7 heteroatoms. The monoisotopic (exact) mass is 304 g/mol. The van der Waals surface area contributed by atoms with Crippen LogP contribution in [0.2, 0.25) is 0 Å². The van der Waals surface area contributed by atoms with Crippen molar-refractivity contribution in [1.29, 1.82) is 0 Å². The maximum atomic E-state index is 12.8. The van der Waals surface area contributed by atoms with Crippen LogP contribution in [0.4, 0.5) is 18.9 Å². The Morgan fingerprint density at radius 1 is 1.33 bits per heavy atom. The van der Waals surface area contributed by atoms with E-state index in [0.717, 1.165) is 6.07 Å². The fourth-order valence-corrected chi connectivity index (χ4v) is 1.82. The van der Waals surface area contributed by atoms with Gasteiger partial charge >= 0.3 is 6.18 Å². The van der Waals surface area contributed by atoms with Crippen LogP contribution >= 0.6 is 0 Å². The van der Waals surface area contributed by atoms with E-state index in [1.165, 1.54) is 18.2 Å². The number of nitrogens with one attached hydrogen (secondary N) is 2. The van der Waals surface area contributed by atoms with Crippen LogP contribution in [0.25, 0.3) is 0 Å². The highest BCUT2D eigenvalue weighted by atomic mass is 19.4. The number of halogens is 3. The van der Waals surface area contributed by atoms with Crippen molar-refractivity contribution in [1.82, 2.24) is 5.32 Å². The molecule has 4 nitrogen and oxygen atoms in total. The molecule has 0 heterocycles. The molecule has 0 fully saturated rings. The summed E-state index contributed by atoms with van der Waals surface area (Å²) in [6, 6.07) is 4.68. The minimum absolute atomic E-state index is 0.0465. The Bertz CT molecular complexity index is 464. The maximum Gasteiger partial charge on any atom is 0.418 e. The first-order chi connectivity index (χ1) is 9.84. The Morgan fingerprint density at radius 3 is 2.62 bits per heavy atom. The summed E-state index contributed by atoms with van der Waals surface area (Å²) in [4.78, 5) is 11.8. The Morgan fingerprint density at radius 2 is 2.00 bits per heavy atom. The third kappa shape index (κ3) is 6.14. The lowest BCUT2D eigenvalue weighted by Crippen LogP contribution is -2.32. The summed E-state index contributed by atoms with van der Waals surface area (Å²) in [6.07, 6.45) is -3.89. The highest BCUT2D eigenvalue weighted by Crippen LogP contribution is 2.34. The number of para-hydroxylation sites is 1. The number of alkyl halides is 3.